The molecule has 1 N–H and O–H groups in total. The minimum absolute atomic E-state index is 0.122. The summed E-state index contributed by atoms with van der Waals surface area (Å²) in [4.78, 5) is 2.23. The second-order valence-corrected chi connectivity index (χ2v) is 7.48. The normalized spacial score (nSPS) is 11.5. The monoisotopic (exact) mass is 372 g/mol. The van der Waals surface area contributed by atoms with Gasteiger partial charge in [0.05, 0.1) is 0 Å². The van der Waals surface area contributed by atoms with Crippen molar-refractivity contribution in [1.29, 1.82) is 0 Å². The molecule has 0 aliphatic rings. The number of hydrogen-bond donors (Lipinski definition) is 1. The van der Waals surface area contributed by atoms with E-state index in [9.17, 15) is 5.11 Å². The molecule has 92 valence electrons. The van der Waals surface area contributed by atoms with Crippen LogP contribution >= 0.6 is 11.8 Å². The van der Waals surface area contributed by atoms with E-state index in [0.717, 1.165) is 4.91 Å². The number of thioether (sulfide) groups is 1. The molecule has 0 amide bonds. The summed E-state index contributed by atoms with van der Waals surface area (Å²) >= 11 is 1.31. The van der Waals surface area contributed by atoms with Crippen LogP contribution in [0.2, 0.25) is 0 Å². The standard InChI is InChI=1S/C15H14OSTe/c16-11-14(17-13-7-3-1-4-8-13)12-18-15-9-5-2-6-10-15/h1-10,12,16H,11H2/b14-12-. The van der Waals surface area contributed by atoms with Crippen LogP contribution in [0.1, 0.15) is 0 Å². The zero-order chi connectivity index (χ0) is 12.6. The number of rotatable bonds is 5. The Morgan fingerprint density at radius 2 is 1.61 bits per heavy atom. The second-order valence-electron chi connectivity index (χ2n) is 3.59. The summed E-state index contributed by atoms with van der Waals surface area (Å²) in [6, 6.07) is 20.6. The summed E-state index contributed by atoms with van der Waals surface area (Å²) in [5.74, 6) is 0. The fourth-order valence-corrected chi connectivity index (χ4v) is 4.68. The van der Waals surface area contributed by atoms with Crippen LogP contribution in [0.4, 0.5) is 0 Å². The van der Waals surface area contributed by atoms with Gasteiger partial charge in [0.1, 0.15) is 0 Å². The molecule has 2 aromatic carbocycles. The van der Waals surface area contributed by atoms with E-state index in [4.69, 9.17) is 0 Å². The molecule has 1 nitrogen and oxygen atoms in total. The molecule has 0 saturated heterocycles. The number of aliphatic hydroxyl groups excluding tert-OH is 1. The van der Waals surface area contributed by atoms with Gasteiger partial charge in [-0.3, -0.25) is 0 Å². The molecular weight excluding hydrogens is 356 g/mol. The van der Waals surface area contributed by atoms with Crippen LogP contribution in [0, 0.1) is 0 Å². The van der Waals surface area contributed by atoms with E-state index in [1.54, 1.807) is 11.8 Å². The van der Waals surface area contributed by atoms with E-state index < -0.39 is 0 Å². The van der Waals surface area contributed by atoms with Gasteiger partial charge in [0.15, 0.2) is 0 Å². The third kappa shape index (κ3) is 4.51. The molecule has 0 aliphatic heterocycles. The Morgan fingerprint density at radius 3 is 2.22 bits per heavy atom. The molecule has 0 atom stereocenters. The maximum atomic E-state index is 9.40. The predicted molar refractivity (Wildman–Crippen MR) is 79.3 cm³/mol. The van der Waals surface area contributed by atoms with Gasteiger partial charge in [-0.25, -0.2) is 0 Å². The van der Waals surface area contributed by atoms with Gasteiger partial charge in [0.2, 0.25) is 0 Å². The van der Waals surface area contributed by atoms with Crippen molar-refractivity contribution >= 4 is 36.3 Å². The van der Waals surface area contributed by atoms with Crippen molar-refractivity contribution in [3.8, 4) is 0 Å². The first-order chi connectivity index (χ1) is 8.88. The van der Waals surface area contributed by atoms with E-state index >= 15 is 0 Å². The minimum atomic E-state index is -0.346. The fourth-order valence-electron chi connectivity index (χ4n) is 1.37. The number of hydrogen-bond acceptors (Lipinski definition) is 2. The van der Waals surface area contributed by atoms with Gasteiger partial charge in [0, 0.05) is 0 Å². The molecule has 0 bridgehead atoms. The van der Waals surface area contributed by atoms with Crippen LogP contribution in [-0.4, -0.2) is 32.6 Å². The quantitative estimate of drug-likeness (QED) is 0.646. The molecule has 0 heterocycles. The average molecular weight is 370 g/mol. The van der Waals surface area contributed by atoms with Crippen LogP contribution in [0.25, 0.3) is 0 Å². The van der Waals surface area contributed by atoms with E-state index in [1.165, 1.54) is 8.51 Å². The van der Waals surface area contributed by atoms with Crippen molar-refractivity contribution < 1.29 is 5.11 Å². The molecule has 0 saturated carbocycles. The van der Waals surface area contributed by atoms with Crippen molar-refractivity contribution in [2.24, 2.45) is 0 Å². The summed E-state index contributed by atoms with van der Waals surface area (Å²) in [5.41, 5.74) is 0. The Labute approximate surface area is 122 Å². The summed E-state index contributed by atoms with van der Waals surface area (Å²) in [7, 11) is 0. The maximum absolute atomic E-state index is 9.40. The Balaban J connectivity index is 2.00. The Kier molecular flexibility index (Phi) is 5.83. The van der Waals surface area contributed by atoms with Gasteiger partial charge >= 0.3 is 123 Å². The molecular formula is C15H14OSTe. The summed E-state index contributed by atoms with van der Waals surface area (Å²) in [6.07, 6.45) is 0. The van der Waals surface area contributed by atoms with E-state index in [1.807, 2.05) is 24.3 Å². The molecule has 3 heteroatoms. The van der Waals surface area contributed by atoms with E-state index in [0.29, 0.717) is 0 Å². The van der Waals surface area contributed by atoms with Gasteiger partial charge in [0.25, 0.3) is 0 Å². The van der Waals surface area contributed by atoms with E-state index in [2.05, 4.69) is 40.5 Å². The second kappa shape index (κ2) is 7.66. The van der Waals surface area contributed by atoms with Crippen LogP contribution in [-0.2, 0) is 0 Å². The average Bonchev–Trinajstić information content (AvgIpc) is 2.45. The molecule has 0 spiro atoms. The number of aliphatic hydroxyl groups is 1. The first-order valence-electron chi connectivity index (χ1n) is 5.63. The molecule has 2 aromatic rings. The van der Waals surface area contributed by atoms with Gasteiger partial charge in [-0.15, -0.1) is 0 Å². The first-order valence-corrected chi connectivity index (χ1v) is 8.96. The Morgan fingerprint density at radius 1 is 1.00 bits per heavy atom. The molecule has 0 aliphatic carbocycles. The van der Waals surface area contributed by atoms with Gasteiger partial charge < -0.3 is 0 Å². The third-order valence-electron chi connectivity index (χ3n) is 2.22. The van der Waals surface area contributed by atoms with E-state index in [-0.39, 0.29) is 27.5 Å². The molecule has 2 rings (SSSR count). The van der Waals surface area contributed by atoms with Crippen molar-refractivity contribution in [3.63, 3.8) is 0 Å². The van der Waals surface area contributed by atoms with Crippen LogP contribution < -0.4 is 3.61 Å². The third-order valence-corrected chi connectivity index (χ3v) is 6.40. The zero-order valence-corrected chi connectivity index (χ0v) is 13.0. The summed E-state index contributed by atoms with van der Waals surface area (Å²) < 4.78 is 3.61. The van der Waals surface area contributed by atoms with Crippen molar-refractivity contribution in [1.82, 2.24) is 0 Å². The first kappa shape index (κ1) is 13.7. The topological polar surface area (TPSA) is 20.2 Å². The summed E-state index contributed by atoms with van der Waals surface area (Å²) in [6.45, 7) is 0.122. The number of benzene rings is 2. The van der Waals surface area contributed by atoms with Crippen molar-refractivity contribution in [3.05, 3.63) is 69.7 Å². The fraction of sp³-hybridized carbons (Fsp3) is 0.0667. The Bertz CT molecular complexity index is 496. The van der Waals surface area contributed by atoms with Crippen LogP contribution in [0.15, 0.2) is 74.6 Å². The van der Waals surface area contributed by atoms with Crippen molar-refractivity contribution in [2.75, 3.05) is 6.61 Å². The molecule has 0 radical (unpaired) electrons. The zero-order valence-electron chi connectivity index (χ0n) is 9.82. The van der Waals surface area contributed by atoms with Gasteiger partial charge in [-0.05, 0) is 0 Å². The SMILES string of the molecule is OC/C(=C/[Te]c1ccccc1)Sc1ccccc1. The van der Waals surface area contributed by atoms with Crippen LogP contribution in [0.5, 0.6) is 0 Å². The molecule has 18 heavy (non-hydrogen) atoms. The predicted octanol–water partition coefficient (Wildman–Crippen LogP) is 2.64. The van der Waals surface area contributed by atoms with Gasteiger partial charge in [-0.2, -0.15) is 0 Å². The van der Waals surface area contributed by atoms with Crippen LogP contribution in [0.3, 0.4) is 0 Å². The molecule has 0 fully saturated rings. The van der Waals surface area contributed by atoms with Gasteiger partial charge in [-0.1, -0.05) is 0 Å². The Hall–Kier alpha value is -0.720. The molecule has 0 unspecified atom stereocenters. The van der Waals surface area contributed by atoms with Crippen molar-refractivity contribution in [2.45, 2.75) is 4.90 Å². The summed E-state index contributed by atoms with van der Waals surface area (Å²) in [5, 5.41) is 9.40. The molecule has 0 aromatic heterocycles.